The van der Waals surface area contributed by atoms with Gasteiger partial charge in [-0.1, -0.05) is 35.9 Å². The molecular formula is C34H27ClN2O8. The van der Waals surface area contributed by atoms with Gasteiger partial charge in [-0.2, -0.15) is 0 Å². The van der Waals surface area contributed by atoms with Crippen molar-refractivity contribution in [1.29, 1.82) is 0 Å². The van der Waals surface area contributed by atoms with Crippen LogP contribution in [0.1, 0.15) is 20.7 Å². The summed E-state index contributed by atoms with van der Waals surface area (Å²) in [6.45, 7) is 0. The highest BCUT2D eigenvalue weighted by Crippen LogP contribution is 2.31. The highest BCUT2D eigenvalue weighted by molar-refractivity contribution is 6.29. The summed E-state index contributed by atoms with van der Waals surface area (Å²) in [6, 6.07) is 26.9. The summed E-state index contributed by atoms with van der Waals surface area (Å²) in [5.41, 5.74) is 0.759. The molecule has 0 saturated carbocycles. The number of esters is 2. The monoisotopic (exact) mass is 626 g/mol. The van der Waals surface area contributed by atoms with Crippen molar-refractivity contribution in [2.45, 2.75) is 0 Å². The summed E-state index contributed by atoms with van der Waals surface area (Å²) in [7, 11) is 2.63. The molecule has 10 nitrogen and oxygen atoms in total. The summed E-state index contributed by atoms with van der Waals surface area (Å²) < 4.78 is 14.8. The van der Waals surface area contributed by atoms with Gasteiger partial charge in [0.25, 0.3) is 0 Å². The Balaban J connectivity index is 0.000000169. The molecule has 0 spiro atoms. The lowest BCUT2D eigenvalue weighted by atomic mass is 10.1. The average molecular weight is 627 g/mol. The molecule has 45 heavy (non-hydrogen) atoms. The standard InChI is InChI=1S/C17H13NO4.C10H8O2.C7H6ClNO2/c1-21-17(20)12-5-8-16(18-10-12)22-15-4-2-3-11-9-13(19)6-7-14(11)15;11-8-4-5-9-7(6-8)2-1-3-10(9)12;1-11-7(10)5-2-3-6(8)9-4-5/h2-10,19H,1H3;1-6,11-12H;2-4H,1H3. The lowest BCUT2D eigenvalue weighted by molar-refractivity contribution is 0.0591. The van der Waals surface area contributed by atoms with Gasteiger partial charge in [-0.05, 0) is 77.5 Å². The predicted molar refractivity (Wildman–Crippen MR) is 169 cm³/mol. The van der Waals surface area contributed by atoms with Crippen molar-refractivity contribution in [2.24, 2.45) is 0 Å². The number of carbonyl (C=O) groups is 2. The first-order chi connectivity index (χ1) is 21.7. The fourth-order valence-electron chi connectivity index (χ4n) is 3.99. The number of rotatable bonds is 4. The van der Waals surface area contributed by atoms with Crippen LogP contribution in [0.3, 0.4) is 0 Å². The minimum Gasteiger partial charge on any atom is -0.508 e. The molecule has 0 atom stereocenters. The second kappa shape index (κ2) is 15.0. The molecule has 2 aromatic heterocycles. The predicted octanol–water partition coefficient (Wildman–Crippen LogP) is 7.29. The van der Waals surface area contributed by atoms with Crippen molar-refractivity contribution in [3.63, 3.8) is 0 Å². The molecule has 0 radical (unpaired) electrons. The summed E-state index contributed by atoms with van der Waals surface area (Å²) in [5.74, 6) is 0.795. The van der Waals surface area contributed by atoms with Crippen LogP contribution in [0, 0.1) is 0 Å². The van der Waals surface area contributed by atoms with Gasteiger partial charge in [0.05, 0.1) is 25.3 Å². The Morgan fingerprint density at radius 3 is 1.76 bits per heavy atom. The number of carbonyl (C=O) groups excluding carboxylic acids is 2. The van der Waals surface area contributed by atoms with Gasteiger partial charge in [-0.3, -0.25) is 0 Å². The summed E-state index contributed by atoms with van der Waals surface area (Å²) in [5, 5.41) is 31.7. The van der Waals surface area contributed by atoms with Crippen molar-refractivity contribution in [2.75, 3.05) is 14.2 Å². The SMILES string of the molecule is COC(=O)c1ccc(Cl)nc1.COC(=O)c1ccc(Oc2cccc3cc(O)ccc23)nc1.Oc1ccc2c(O)cccc2c1. The van der Waals surface area contributed by atoms with Crippen LogP contribution in [0.5, 0.6) is 28.9 Å². The maximum Gasteiger partial charge on any atom is 0.339 e. The number of phenolic OH excluding ortho intramolecular Hbond substituents is 3. The number of pyridine rings is 2. The van der Waals surface area contributed by atoms with Crippen molar-refractivity contribution in [1.82, 2.24) is 9.97 Å². The van der Waals surface area contributed by atoms with E-state index in [9.17, 15) is 19.8 Å². The van der Waals surface area contributed by atoms with Crippen LogP contribution in [0.15, 0.2) is 109 Å². The van der Waals surface area contributed by atoms with Gasteiger partial charge < -0.3 is 29.5 Å². The number of aromatic hydroxyl groups is 3. The van der Waals surface area contributed by atoms with Crippen LogP contribution in [-0.2, 0) is 9.47 Å². The number of hydrogen-bond donors (Lipinski definition) is 3. The third kappa shape index (κ3) is 8.59. The highest BCUT2D eigenvalue weighted by Gasteiger charge is 2.08. The minimum absolute atomic E-state index is 0.199. The lowest BCUT2D eigenvalue weighted by Gasteiger charge is -2.08. The van der Waals surface area contributed by atoms with Gasteiger partial charge in [0.2, 0.25) is 5.88 Å². The van der Waals surface area contributed by atoms with Crippen molar-refractivity contribution < 1.29 is 39.1 Å². The van der Waals surface area contributed by atoms with Crippen molar-refractivity contribution in [3.8, 4) is 28.9 Å². The molecule has 228 valence electrons. The van der Waals surface area contributed by atoms with E-state index in [1.54, 1.807) is 66.7 Å². The molecule has 0 aliphatic rings. The molecule has 0 aliphatic carbocycles. The molecule has 0 unspecified atom stereocenters. The molecule has 0 aliphatic heterocycles. The van der Waals surface area contributed by atoms with E-state index in [0.717, 1.165) is 21.5 Å². The molecule has 11 heteroatoms. The Labute approximate surface area is 262 Å². The maximum absolute atomic E-state index is 11.4. The van der Waals surface area contributed by atoms with Crippen molar-refractivity contribution in [3.05, 3.63) is 126 Å². The largest absolute Gasteiger partial charge is 0.508 e. The Hall–Kier alpha value is -5.87. The van der Waals surface area contributed by atoms with Gasteiger partial charge in [-0.25, -0.2) is 19.6 Å². The minimum atomic E-state index is -0.445. The fourth-order valence-corrected chi connectivity index (χ4v) is 4.10. The summed E-state index contributed by atoms with van der Waals surface area (Å²) in [6.07, 6.45) is 2.77. The van der Waals surface area contributed by atoms with Gasteiger partial charge in [0, 0.05) is 29.2 Å². The molecule has 0 amide bonds. The first-order valence-corrected chi connectivity index (χ1v) is 13.6. The number of methoxy groups -OCH3 is 2. The smallest absolute Gasteiger partial charge is 0.339 e. The molecule has 6 rings (SSSR count). The average Bonchev–Trinajstić information content (AvgIpc) is 3.05. The van der Waals surface area contributed by atoms with Crippen molar-refractivity contribution >= 4 is 45.1 Å². The third-order valence-corrected chi connectivity index (χ3v) is 6.41. The van der Waals surface area contributed by atoms with E-state index in [1.807, 2.05) is 24.3 Å². The Morgan fingerprint density at radius 1 is 0.644 bits per heavy atom. The topological polar surface area (TPSA) is 148 Å². The Morgan fingerprint density at radius 2 is 1.20 bits per heavy atom. The van der Waals surface area contributed by atoms with E-state index in [1.165, 1.54) is 32.7 Å². The number of benzene rings is 4. The van der Waals surface area contributed by atoms with E-state index in [2.05, 4.69) is 19.4 Å². The number of ether oxygens (including phenoxy) is 3. The van der Waals surface area contributed by atoms with E-state index in [4.69, 9.17) is 21.4 Å². The molecule has 4 aromatic carbocycles. The van der Waals surface area contributed by atoms with Crippen LogP contribution >= 0.6 is 11.6 Å². The number of phenols is 3. The first-order valence-electron chi connectivity index (χ1n) is 13.2. The Kier molecular flexibility index (Phi) is 10.7. The van der Waals surface area contributed by atoms with Crippen LogP contribution < -0.4 is 4.74 Å². The van der Waals surface area contributed by atoms with E-state index in [-0.39, 0.29) is 17.2 Å². The summed E-state index contributed by atoms with van der Waals surface area (Å²) >= 11 is 5.50. The van der Waals surface area contributed by atoms with Crippen LogP contribution in [0.4, 0.5) is 0 Å². The second-order valence-electron chi connectivity index (χ2n) is 9.18. The lowest BCUT2D eigenvalue weighted by Crippen LogP contribution is -2.01. The van der Waals surface area contributed by atoms with Gasteiger partial charge in [0.1, 0.15) is 28.2 Å². The number of aromatic nitrogens is 2. The van der Waals surface area contributed by atoms with Crippen LogP contribution in [-0.4, -0.2) is 51.4 Å². The molecule has 0 bridgehead atoms. The molecule has 6 aromatic rings. The van der Waals surface area contributed by atoms with Crippen LogP contribution in [0.2, 0.25) is 5.15 Å². The van der Waals surface area contributed by atoms with Crippen LogP contribution in [0.25, 0.3) is 21.5 Å². The number of nitrogens with zero attached hydrogens (tertiary/aromatic N) is 2. The molecular weight excluding hydrogens is 600 g/mol. The highest BCUT2D eigenvalue weighted by atomic mass is 35.5. The normalized spacial score (nSPS) is 10.1. The number of hydrogen-bond acceptors (Lipinski definition) is 10. The third-order valence-electron chi connectivity index (χ3n) is 6.19. The molecule has 2 heterocycles. The fraction of sp³-hybridized carbons (Fsp3) is 0.0588. The maximum atomic E-state index is 11.4. The van der Waals surface area contributed by atoms with Gasteiger partial charge in [-0.15, -0.1) is 0 Å². The zero-order chi connectivity index (χ0) is 32.3. The Bertz CT molecular complexity index is 1930. The first kappa shape index (κ1) is 32.1. The van der Waals surface area contributed by atoms with Gasteiger partial charge in [0.15, 0.2) is 0 Å². The van der Waals surface area contributed by atoms with E-state index < -0.39 is 11.9 Å². The quantitative estimate of drug-likeness (QED) is 0.134. The zero-order valence-electron chi connectivity index (χ0n) is 24.0. The van der Waals surface area contributed by atoms with Gasteiger partial charge >= 0.3 is 11.9 Å². The molecule has 0 saturated heterocycles. The second-order valence-corrected chi connectivity index (χ2v) is 9.57. The molecule has 3 N–H and O–H groups in total. The number of fused-ring (bicyclic) bond motifs is 2. The number of halogens is 1. The zero-order valence-corrected chi connectivity index (χ0v) is 24.8. The van der Waals surface area contributed by atoms with E-state index >= 15 is 0 Å². The van der Waals surface area contributed by atoms with E-state index in [0.29, 0.717) is 27.9 Å². The summed E-state index contributed by atoms with van der Waals surface area (Å²) in [4.78, 5) is 30.0. The molecule has 0 fully saturated rings.